The van der Waals surface area contributed by atoms with Crippen molar-refractivity contribution in [1.29, 1.82) is 0 Å². The van der Waals surface area contributed by atoms with Crippen molar-refractivity contribution in [1.82, 2.24) is 0 Å². The smallest absolute Gasteiger partial charge is 0.338 e. The van der Waals surface area contributed by atoms with Gasteiger partial charge in [0, 0.05) is 5.92 Å². The molecule has 144 valence electrons. The van der Waals surface area contributed by atoms with Gasteiger partial charge in [-0.25, -0.2) is 9.59 Å². The van der Waals surface area contributed by atoms with Crippen molar-refractivity contribution in [3.63, 3.8) is 0 Å². The summed E-state index contributed by atoms with van der Waals surface area (Å²) in [5, 5.41) is 0. The molecule has 4 nitrogen and oxygen atoms in total. The van der Waals surface area contributed by atoms with Gasteiger partial charge in [0.2, 0.25) is 0 Å². The van der Waals surface area contributed by atoms with E-state index in [0.717, 1.165) is 30.4 Å². The van der Waals surface area contributed by atoms with Crippen LogP contribution in [-0.4, -0.2) is 24.6 Å². The van der Waals surface area contributed by atoms with Crippen LogP contribution in [0.1, 0.15) is 51.1 Å². The van der Waals surface area contributed by atoms with Crippen molar-refractivity contribution in [3.8, 4) is 0 Å². The maximum atomic E-state index is 12.4. The molecular formula is C24H24O4. The van der Waals surface area contributed by atoms with Crippen molar-refractivity contribution in [3.05, 3.63) is 83.9 Å². The van der Waals surface area contributed by atoms with Crippen LogP contribution < -0.4 is 0 Å². The summed E-state index contributed by atoms with van der Waals surface area (Å²) in [6.07, 6.45) is 5.81. The fourth-order valence-electron chi connectivity index (χ4n) is 3.33. The first-order chi connectivity index (χ1) is 13.6. The Balaban J connectivity index is 1.54. The van der Waals surface area contributed by atoms with Crippen LogP contribution in [0.15, 0.2) is 61.7 Å². The second-order valence-corrected chi connectivity index (χ2v) is 6.89. The molecule has 1 aliphatic rings. The Labute approximate surface area is 165 Å². The zero-order chi connectivity index (χ0) is 19.9. The van der Waals surface area contributed by atoms with Gasteiger partial charge >= 0.3 is 11.9 Å². The average molecular weight is 376 g/mol. The normalized spacial score (nSPS) is 18.3. The molecule has 28 heavy (non-hydrogen) atoms. The van der Waals surface area contributed by atoms with Crippen LogP contribution in [0.5, 0.6) is 0 Å². The summed E-state index contributed by atoms with van der Waals surface area (Å²) in [5.41, 5.74) is 2.90. The minimum Gasteiger partial charge on any atom is -0.462 e. The van der Waals surface area contributed by atoms with Gasteiger partial charge in [0.15, 0.2) is 0 Å². The lowest BCUT2D eigenvalue weighted by Crippen LogP contribution is -2.26. The first-order valence-corrected chi connectivity index (χ1v) is 9.44. The number of hydrogen-bond donors (Lipinski definition) is 0. The minimum absolute atomic E-state index is 0.0211. The molecule has 1 aliphatic carbocycles. The van der Waals surface area contributed by atoms with Crippen LogP contribution in [-0.2, 0) is 9.47 Å². The first-order valence-electron chi connectivity index (χ1n) is 9.44. The molecule has 0 unspecified atom stereocenters. The molecule has 4 heteroatoms. The second kappa shape index (κ2) is 9.18. The molecular weight excluding hydrogens is 352 g/mol. The van der Waals surface area contributed by atoms with Gasteiger partial charge in [-0.1, -0.05) is 49.6 Å². The Hall–Kier alpha value is -3.14. The Morgan fingerprint density at radius 3 is 1.93 bits per heavy atom. The number of rotatable bonds is 7. The van der Waals surface area contributed by atoms with Crippen molar-refractivity contribution in [2.24, 2.45) is 5.92 Å². The van der Waals surface area contributed by atoms with E-state index >= 15 is 0 Å². The van der Waals surface area contributed by atoms with E-state index in [1.165, 1.54) is 0 Å². The first kappa shape index (κ1) is 19.6. The van der Waals surface area contributed by atoms with Crippen molar-refractivity contribution >= 4 is 24.1 Å². The van der Waals surface area contributed by atoms with E-state index in [1.807, 2.05) is 24.3 Å². The average Bonchev–Trinajstić information content (AvgIpc) is 3.19. The molecule has 0 radical (unpaired) electrons. The highest BCUT2D eigenvalue weighted by molar-refractivity contribution is 5.90. The molecule has 0 aliphatic heterocycles. The standard InChI is InChI=1S/C24H24O4/c1-3-17-8-12-19(13-9-17)23(25)27-16-21-6-5-7-22(21)28-24(26)20-14-10-18(4-2)11-15-20/h3-4,8-15,21-22H,1-2,5-7,16H2/t21-,22+/m1/s1. The molecule has 0 amide bonds. The van der Waals surface area contributed by atoms with Crippen molar-refractivity contribution < 1.29 is 19.1 Å². The summed E-state index contributed by atoms with van der Waals surface area (Å²) in [5.74, 6) is -0.695. The summed E-state index contributed by atoms with van der Waals surface area (Å²) in [6, 6.07) is 14.2. The summed E-state index contributed by atoms with van der Waals surface area (Å²) < 4.78 is 11.2. The fourth-order valence-corrected chi connectivity index (χ4v) is 3.33. The number of hydrogen-bond acceptors (Lipinski definition) is 4. The Morgan fingerprint density at radius 2 is 1.39 bits per heavy atom. The highest BCUT2D eigenvalue weighted by Crippen LogP contribution is 2.29. The lowest BCUT2D eigenvalue weighted by atomic mass is 10.1. The lowest BCUT2D eigenvalue weighted by molar-refractivity contribution is 0.00489. The predicted molar refractivity (Wildman–Crippen MR) is 110 cm³/mol. The van der Waals surface area contributed by atoms with Gasteiger partial charge in [-0.3, -0.25) is 0 Å². The van der Waals surface area contributed by atoms with E-state index in [-0.39, 0.29) is 30.6 Å². The van der Waals surface area contributed by atoms with Crippen LogP contribution in [0.2, 0.25) is 0 Å². The van der Waals surface area contributed by atoms with Gasteiger partial charge in [-0.15, -0.1) is 0 Å². The predicted octanol–water partition coefficient (Wildman–Crippen LogP) is 5.16. The third-order valence-corrected chi connectivity index (χ3v) is 5.04. The molecule has 3 rings (SSSR count). The zero-order valence-electron chi connectivity index (χ0n) is 15.8. The van der Waals surface area contributed by atoms with Crippen LogP contribution in [0.4, 0.5) is 0 Å². The second-order valence-electron chi connectivity index (χ2n) is 6.89. The molecule has 0 bridgehead atoms. The van der Waals surface area contributed by atoms with Gasteiger partial charge in [0.05, 0.1) is 17.7 Å². The molecule has 0 heterocycles. The molecule has 0 N–H and O–H groups in total. The highest BCUT2D eigenvalue weighted by atomic mass is 16.6. The van der Waals surface area contributed by atoms with Crippen molar-refractivity contribution in [2.75, 3.05) is 6.61 Å². The third-order valence-electron chi connectivity index (χ3n) is 5.04. The topological polar surface area (TPSA) is 52.6 Å². The van der Waals surface area contributed by atoms with E-state index in [1.54, 1.807) is 36.4 Å². The summed E-state index contributed by atoms with van der Waals surface area (Å²) in [4.78, 5) is 24.6. The summed E-state index contributed by atoms with van der Waals surface area (Å²) in [6.45, 7) is 7.64. The number of carbonyl (C=O) groups is 2. The Morgan fingerprint density at radius 1 is 0.857 bits per heavy atom. The fraction of sp³-hybridized carbons (Fsp3) is 0.250. The van der Waals surface area contributed by atoms with Crippen LogP contribution in [0, 0.1) is 5.92 Å². The number of benzene rings is 2. The van der Waals surface area contributed by atoms with E-state index in [4.69, 9.17) is 9.47 Å². The van der Waals surface area contributed by atoms with Gasteiger partial charge in [-0.2, -0.15) is 0 Å². The number of ether oxygens (including phenoxy) is 2. The van der Waals surface area contributed by atoms with E-state index in [9.17, 15) is 9.59 Å². The third kappa shape index (κ3) is 4.77. The zero-order valence-corrected chi connectivity index (χ0v) is 15.8. The monoisotopic (exact) mass is 376 g/mol. The summed E-state index contributed by atoms with van der Waals surface area (Å²) in [7, 11) is 0. The van der Waals surface area contributed by atoms with E-state index < -0.39 is 0 Å². The Bertz CT molecular complexity index is 849. The highest BCUT2D eigenvalue weighted by Gasteiger charge is 2.32. The van der Waals surface area contributed by atoms with Gasteiger partial charge in [0.25, 0.3) is 0 Å². The van der Waals surface area contributed by atoms with Gasteiger partial charge in [-0.05, 0) is 54.7 Å². The minimum atomic E-state index is -0.368. The van der Waals surface area contributed by atoms with Crippen LogP contribution in [0.3, 0.4) is 0 Å². The maximum absolute atomic E-state index is 12.4. The largest absolute Gasteiger partial charge is 0.462 e. The quantitative estimate of drug-likeness (QED) is 0.627. The molecule has 2 aromatic carbocycles. The molecule has 0 aromatic heterocycles. The van der Waals surface area contributed by atoms with Crippen molar-refractivity contribution in [2.45, 2.75) is 25.4 Å². The molecule has 0 spiro atoms. The summed E-state index contributed by atoms with van der Waals surface area (Å²) >= 11 is 0. The molecule has 1 saturated carbocycles. The maximum Gasteiger partial charge on any atom is 0.338 e. The Kier molecular flexibility index (Phi) is 6.43. The molecule has 0 saturated heterocycles. The van der Waals surface area contributed by atoms with E-state index in [2.05, 4.69) is 13.2 Å². The number of esters is 2. The molecule has 1 fully saturated rings. The van der Waals surface area contributed by atoms with Gasteiger partial charge < -0.3 is 9.47 Å². The van der Waals surface area contributed by atoms with E-state index in [0.29, 0.717) is 11.1 Å². The number of carbonyl (C=O) groups excluding carboxylic acids is 2. The SMILES string of the molecule is C=Cc1ccc(C(=O)OC[C@H]2CCC[C@@H]2OC(=O)c2ccc(C=C)cc2)cc1. The van der Waals surface area contributed by atoms with Crippen LogP contribution in [0.25, 0.3) is 12.2 Å². The molecule has 2 atom stereocenters. The van der Waals surface area contributed by atoms with Gasteiger partial charge in [0.1, 0.15) is 6.10 Å². The van der Waals surface area contributed by atoms with Crippen LogP contribution >= 0.6 is 0 Å². The lowest BCUT2D eigenvalue weighted by Gasteiger charge is -2.20. The molecule has 2 aromatic rings.